The molecule has 2 unspecified atom stereocenters. The van der Waals surface area contributed by atoms with E-state index in [0.29, 0.717) is 10.0 Å². The van der Waals surface area contributed by atoms with Crippen molar-refractivity contribution in [3.8, 4) is 0 Å². The summed E-state index contributed by atoms with van der Waals surface area (Å²) in [6.45, 7) is 0. The lowest BCUT2D eigenvalue weighted by atomic mass is 10.2. The first-order valence-electron chi connectivity index (χ1n) is 10.1. The number of hydrogen-bond donors (Lipinski definition) is 0. The highest BCUT2D eigenvalue weighted by Gasteiger charge is 2.42. The zero-order valence-electron chi connectivity index (χ0n) is 16.6. The summed E-state index contributed by atoms with van der Waals surface area (Å²) in [6, 6.07) is 36.1. The molecule has 0 N–H and O–H groups in total. The number of halogens is 2. The quantitative estimate of drug-likeness (QED) is 0.320. The summed E-state index contributed by atoms with van der Waals surface area (Å²) >= 11 is 12.7. The van der Waals surface area contributed by atoms with Crippen molar-refractivity contribution in [1.82, 2.24) is 0 Å². The molecule has 154 valence electrons. The van der Waals surface area contributed by atoms with Crippen molar-refractivity contribution in [3.63, 3.8) is 0 Å². The molecule has 31 heavy (non-hydrogen) atoms. The van der Waals surface area contributed by atoms with Crippen LogP contribution in [0.25, 0.3) is 0 Å². The minimum atomic E-state index is -0.370. The first kappa shape index (κ1) is 20.0. The van der Waals surface area contributed by atoms with Crippen molar-refractivity contribution >= 4 is 34.6 Å². The Hall–Kier alpha value is -2.98. The Kier molecular flexibility index (Phi) is 5.56. The van der Waals surface area contributed by atoms with Crippen LogP contribution in [0.5, 0.6) is 0 Å². The second-order valence-corrected chi connectivity index (χ2v) is 8.18. The van der Waals surface area contributed by atoms with Crippen LogP contribution in [0, 0.1) is 0 Å². The minimum absolute atomic E-state index is 0.370. The molecule has 1 saturated heterocycles. The highest BCUT2D eigenvalue weighted by Crippen LogP contribution is 2.46. The maximum Gasteiger partial charge on any atom is 0.177 e. The van der Waals surface area contributed by atoms with Crippen molar-refractivity contribution in [3.05, 3.63) is 130 Å². The van der Waals surface area contributed by atoms with Gasteiger partial charge >= 0.3 is 0 Å². The molecule has 2 atom stereocenters. The van der Waals surface area contributed by atoms with Crippen LogP contribution in [0.3, 0.4) is 0 Å². The van der Waals surface area contributed by atoms with E-state index in [-0.39, 0.29) is 12.5 Å². The molecule has 0 spiro atoms. The Morgan fingerprint density at radius 1 is 0.516 bits per heavy atom. The SMILES string of the molecule is Clc1cccc(C2OC(c3cccc(Cl)c3)N(c3ccccc3)N2c2ccccc2)c1. The van der Waals surface area contributed by atoms with Gasteiger partial charge in [0.15, 0.2) is 12.5 Å². The molecular formula is C26H20Cl2N2O. The third kappa shape index (κ3) is 4.00. The molecule has 5 rings (SSSR count). The highest BCUT2D eigenvalue weighted by molar-refractivity contribution is 6.30. The minimum Gasteiger partial charge on any atom is -0.323 e. The number of hydrazine groups is 1. The van der Waals surface area contributed by atoms with E-state index in [1.165, 1.54) is 0 Å². The van der Waals surface area contributed by atoms with Gasteiger partial charge in [0, 0.05) is 21.2 Å². The molecule has 4 aromatic rings. The molecule has 1 heterocycles. The lowest BCUT2D eigenvalue weighted by Gasteiger charge is -2.35. The van der Waals surface area contributed by atoms with Crippen LogP contribution in [0.2, 0.25) is 10.0 Å². The van der Waals surface area contributed by atoms with Gasteiger partial charge in [-0.25, -0.2) is 10.0 Å². The fourth-order valence-electron chi connectivity index (χ4n) is 3.90. The lowest BCUT2D eigenvalue weighted by molar-refractivity contribution is 0.0451. The molecule has 1 aliphatic rings. The number of ether oxygens (including phenoxy) is 1. The standard InChI is InChI=1S/C26H20Cl2N2O/c27-21-11-7-9-19(17-21)25-29(23-13-3-1-4-14-23)30(24-15-5-2-6-16-24)26(31-25)20-10-8-12-22(28)18-20/h1-18,25-26H. The van der Waals surface area contributed by atoms with Crippen LogP contribution in [-0.4, -0.2) is 0 Å². The Labute approximate surface area is 192 Å². The molecule has 0 aliphatic carbocycles. The van der Waals surface area contributed by atoms with Crippen molar-refractivity contribution in [2.24, 2.45) is 0 Å². The van der Waals surface area contributed by atoms with E-state index in [9.17, 15) is 0 Å². The normalized spacial score (nSPS) is 18.4. The number of hydrogen-bond acceptors (Lipinski definition) is 3. The summed E-state index contributed by atoms with van der Waals surface area (Å²) in [7, 11) is 0. The van der Waals surface area contributed by atoms with Crippen LogP contribution < -0.4 is 10.0 Å². The van der Waals surface area contributed by atoms with Gasteiger partial charge in [-0.05, 0) is 48.5 Å². The molecule has 0 saturated carbocycles. The average Bonchev–Trinajstić information content (AvgIpc) is 3.21. The fraction of sp³-hybridized carbons (Fsp3) is 0.0769. The van der Waals surface area contributed by atoms with Gasteiger partial charge in [0.05, 0.1) is 11.4 Å². The Morgan fingerprint density at radius 3 is 1.32 bits per heavy atom. The zero-order valence-corrected chi connectivity index (χ0v) is 18.1. The van der Waals surface area contributed by atoms with Gasteiger partial charge in [0.25, 0.3) is 0 Å². The maximum atomic E-state index is 6.71. The predicted octanol–water partition coefficient (Wildman–Crippen LogP) is 7.65. The van der Waals surface area contributed by atoms with Gasteiger partial charge in [0.1, 0.15) is 0 Å². The monoisotopic (exact) mass is 446 g/mol. The van der Waals surface area contributed by atoms with E-state index < -0.39 is 0 Å². The first-order chi connectivity index (χ1) is 15.2. The molecule has 3 nitrogen and oxygen atoms in total. The van der Waals surface area contributed by atoms with Crippen LogP contribution in [0.15, 0.2) is 109 Å². The van der Waals surface area contributed by atoms with Gasteiger partial charge in [-0.2, -0.15) is 0 Å². The smallest absolute Gasteiger partial charge is 0.177 e. The number of rotatable bonds is 4. The van der Waals surface area contributed by atoms with Crippen molar-refractivity contribution in [2.45, 2.75) is 12.5 Å². The maximum absolute atomic E-state index is 6.71. The summed E-state index contributed by atoms with van der Waals surface area (Å²) in [5.74, 6) is 0. The Bertz CT molecular complexity index is 1080. The molecule has 0 amide bonds. The zero-order chi connectivity index (χ0) is 21.2. The van der Waals surface area contributed by atoms with E-state index in [2.05, 4.69) is 34.3 Å². The Balaban J connectivity index is 1.70. The number of benzene rings is 4. The van der Waals surface area contributed by atoms with E-state index in [4.69, 9.17) is 27.9 Å². The molecule has 5 heteroatoms. The van der Waals surface area contributed by atoms with E-state index >= 15 is 0 Å². The summed E-state index contributed by atoms with van der Waals surface area (Å²) in [5, 5.41) is 5.69. The molecule has 1 aliphatic heterocycles. The lowest BCUT2D eigenvalue weighted by Crippen LogP contribution is -2.39. The van der Waals surface area contributed by atoms with Crippen molar-refractivity contribution in [1.29, 1.82) is 0 Å². The largest absolute Gasteiger partial charge is 0.323 e. The molecule has 4 aromatic carbocycles. The highest BCUT2D eigenvalue weighted by atomic mass is 35.5. The van der Waals surface area contributed by atoms with Crippen molar-refractivity contribution in [2.75, 3.05) is 10.0 Å². The summed E-state index contributed by atoms with van der Waals surface area (Å²) in [5.41, 5.74) is 3.98. The van der Waals surface area contributed by atoms with Gasteiger partial charge < -0.3 is 4.74 Å². The van der Waals surface area contributed by atoms with Gasteiger partial charge in [-0.15, -0.1) is 0 Å². The fourth-order valence-corrected chi connectivity index (χ4v) is 4.30. The van der Waals surface area contributed by atoms with Gasteiger partial charge in [0.2, 0.25) is 0 Å². The molecular weight excluding hydrogens is 427 g/mol. The summed E-state index contributed by atoms with van der Waals surface area (Å²) in [6.07, 6.45) is -0.740. The Morgan fingerprint density at radius 2 is 0.935 bits per heavy atom. The molecule has 0 bridgehead atoms. The summed E-state index contributed by atoms with van der Waals surface area (Å²) < 4.78 is 6.71. The molecule has 1 fully saturated rings. The number of nitrogens with zero attached hydrogens (tertiary/aromatic N) is 2. The third-order valence-electron chi connectivity index (χ3n) is 5.24. The number of para-hydroxylation sites is 2. The first-order valence-corrected chi connectivity index (χ1v) is 10.8. The summed E-state index contributed by atoms with van der Waals surface area (Å²) in [4.78, 5) is 0. The topological polar surface area (TPSA) is 15.7 Å². The average molecular weight is 447 g/mol. The second-order valence-electron chi connectivity index (χ2n) is 7.31. The van der Waals surface area contributed by atoms with Crippen LogP contribution in [0.1, 0.15) is 23.6 Å². The molecule has 0 radical (unpaired) electrons. The number of anilines is 2. The van der Waals surface area contributed by atoms with Gasteiger partial charge in [-0.1, -0.05) is 83.9 Å². The van der Waals surface area contributed by atoms with Crippen molar-refractivity contribution < 1.29 is 4.74 Å². The second kappa shape index (κ2) is 8.64. The van der Waals surface area contributed by atoms with E-state index in [1.807, 2.05) is 84.9 Å². The third-order valence-corrected chi connectivity index (χ3v) is 5.71. The molecule has 0 aromatic heterocycles. The predicted molar refractivity (Wildman–Crippen MR) is 127 cm³/mol. The van der Waals surface area contributed by atoms with E-state index in [0.717, 1.165) is 22.5 Å². The van der Waals surface area contributed by atoms with Crippen LogP contribution >= 0.6 is 23.2 Å². The van der Waals surface area contributed by atoms with Gasteiger partial charge in [-0.3, -0.25) is 0 Å². The van der Waals surface area contributed by atoms with Crippen LogP contribution in [0.4, 0.5) is 11.4 Å². The van der Waals surface area contributed by atoms with Crippen LogP contribution in [-0.2, 0) is 4.74 Å². The van der Waals surface area contributed by atoms with E-state index in [1.54, 1.807) is 0 Å².